The number of aliphatic carboxylic acids is 1. The second-order valence-corrected chi connectivity index (χ2v) is 13.2. The van der Waals surface area contributed by atoms with Crippen LogP contribution in [0.4, 0.5) is 17.1 Å². The third kappa shape index (κ3) is 7.10. The maximum Gasteiger partial charge on any atom is 0.303 e. The predicted octanol–water partition coefficient (Wildman–Crippen LogP) is 9.73. The van der Waals surface area contributed by atoms with E-state index in [2.05, 4.69) is 89.3 Å². The predicted molar refractivity (Wildman–Crippen MR) is 186 cm³/mol. The Balaban J connectivity index is 1.61. The molecule has 0 aliphatic carbocycles. The molecule has 0 saturated carbocycles. The summed E-state index contributed by atoms with van der Waals surface area (Å²) in [6.45, 7) is 8.98. The van der Waals surface area contributed by atoms with Crippen LogP contribution >= 0.6 is 0 Å². The molecule has 5 heteroatoms. The molecule has 0 radical (unpaired) electrons. The van der Waals surface area contributed by atoms with E-state index in [0.29, 0.717) is 34.7 Å². The Labute approximate surface area is 267 Å². The molecule has 4 aromatic carbocycles. The van der Waals surface area contributed by atoms with Gasteiger partial charge in [0.2, 0.25) is 0 Å². The van der Waals surface area contributed by atoms with Crippen LogP contribution in [-0.2, 0) is 24.1 Å². The van der Waals surface area contributed by atoms with Gasteiger partial charge in [0.1, 0.15) is 17.1 Å². The quantitative estimate of drug-likeness (QED) is 0.145. The first-order valence-corrected chi connectivity index (χ1v) is 16.1. The number of rotatable bonds is 12. The zero-order chi connectivity index (χ0) is 32.1. The average molecular weight is 602 g/mol. The summed E-state index contributed by atoms with van der Waals surface area (Å²) in [5.74, 6) is 0.169. The first-order chi connectivity index (χ1) is 21.6. The topological polar surface area (TPSA) is 59.3 Å². The van der Waals surface area contributed by atoms with Gasteiger partial charge in [0.05, 0.1) is 12.6 Å². The first-order valence-electron chi connectivity index (χ1n) is 16.1. The summed E-state index contributed by atoms with van der Waals surface area (Å²) in [5, 5.41) is 10.1. The molecule has 5 rings (SSSR count). The fourth-order valence-corrected chi connectivity index (χ4v) is 6.42. The van der Waals surface area contributed by atoms with E-state index in [-0.39, 0.29) is 12.3 Å². The van der Waals surface area contributed by atoms with E-state index in [1.54, 1.807) is 4.57 Å². The lowest BCUT2D eigenvalue weighted by Crippen LogP contribution is -2.34. The second kappa shape index (κ2) is 13.7. The van der Waals surface area contributed by atoms with Crippen molar-refractivity contribution in [3.63, 3.8) is 0 Å². The smallest absolute Gasteiger partial charge is 0.303 e. The Morgan fingerprint density at radius 3 is 1.87 bits per heavy atom. The number of benzene rings is 4. The number of fused-ring (bicyclic) bond motifs is 1. The molecule has 0 unspecified atom stereocenters. The monoisotopic (exact) mass is 601 g/mol. The van der Waals surface area contributed by atoms with E-state index in [1.807, 2.05) is 48.7 Å². The van der Waals surface area contributed by atoms with Gasteiger partial charge in [-0.1, -0.05) is 76.2 Å². The van der Waals surface area contributed by atoms with Gasteiger partial charge in [0.15, 0.2) is 0 Å². The lowest BCUT2D eigenvalue weighted by atomic mass is 9.99. The number of aryl methyl sites for hydroxylation is 1. The SMILES string of the molecule is CC(C)Cc1cccc([N+](C)(c2cccc(CC(C)C)c2)c2cccc(C(=O)n3cc(CCCC(=O)O)c4ccccc43)c2)c1. The van der Waals surface area contributed by atoms with Crippen molar-refractivity contribution in [1.82, 2.24) is 9.05 Å². The number of carbonyl (C=O) groups excluding carboxylic acids is 1. The summed E-state index contributed by atoms with van der Waals surface area (Å²) in [4.78, 5) is 25.4. The van der Waals surface area contributed by atoms with Crippen molar-refractivity contribution in [1.29, 1.82) is 0 Å². The summed E-state index contributed by atoms with van der Waals surface area (Å²) in [6.07, 6.45) is 5.10. The fourth-order valence-electron chi connectivity index (χ4n) is 6.42. The first kappa shape index (κ1) is 31.9. The molecule has 0 aliphatic rings. The Morgan fingerprint density at radius 1 is 0.733 bits per heavy atom. The van der Waals surface area contributed by atoms with Crippen molar-refractivity contribution in [2.75, 3.05) is 7.05 Å². The van der Waals surface area contributed by atoms with Crippen molar-refractivity contribution in [3.8, 4) is 0 Å². The molecule has 0 fully saturated rings. The van der Waals surface area contributed by atoms with E-state index >= 15 is 0 Å². The van der Waals surface area contributed by atoms with E-state index in [1.165, 1.54) is 11.1 Å². The highest BCUT2D eigenvalue weighted by Crippen LogP contribution is 2.43. The molecule has 1 N–H and O–H groups in total. The molecule has 0 aliphatic heterocycles. The zero-order valence-electron chi connectivity index (χ0n) is 27.2. The molecule has 0 spiro atoms. The molecule has 1 aromatic heterocycles. The third-order valence-electron chi connectivity index (χ3n) is 8.60. The van der Waals surface area contributed by atoms with E-state index < -0.39 is 5.97 Å². The van der Waals surface area contributed by atoms with Gasteiger partial charge in [0, 0.05) is 47.8 Å². The maximum absolute atomic E-state index is 14.2. The van der Waals surface area contributed by atoms with Gasteiger partial charge in [-0.3, -0.25) is 14.2 Å². The number of carboxylic acids is 1. The number of aromatic nitrogens is 1. The normalized spacial score (nSPS) is 11.9. The molecule has 232 valence electrons. The number of quaternary nitrogens is 1. The van der Waals surface area contributed by atoms with Crippen molar-refractivity contribution in [2.45, 2.75) is 59.8 Å². The molecule has 5 nitrogen and oxygen atoms in total. The van der Waals surface area contributed by atoms with Crippen LogP contribution < -0.4 is 4.48 Å². The number of hydrogen-bond donors (Lipinski definition) is 1. The van der Waals surface area contributed by atoms with Crippen molar-refractivity contribution in [3.05, 3.63) is 126 Å². The Hall–Kier alpha value is -4.48. The van der Waals surface area contributed by atoms with E-state index in [0.717, 1.165) is 46.4 Å². The summed E-state index contributed by atoms with van der Waals surface area (Å²) in [7, 11) is 2.22. The fraction of sp³-hybridized carbons (Fsp3) is 0.300. The van der Waals surface area contributed by atoms with Crippen LogP contribution in [0.2, 0.25) is 0 Å². The molecule has 0 atom stereocenters. The highest BCUT2D eigenvalue weighted by Gasteiger charge is 2.33. The molecule has 0 amide bonds. The number of nitrogens with zero attached hydrogens (tertiary/aromatic N) is 2. The summed E-state index contributed by atoms with van der Waals surface area (Å²) >= 11 is 0. The molecule has 0 saturated heterocycles. The van der Waals surface area contributed by atoms with Gasteiger partial charge < -0.3 is 5.11 Å². The number of para-hydroxylation sites is 1. The second-order valence-electron chi connectivity index (χ2n) is 13.2. The minimum Gasteiger partial charge on any atom is -0.481 e. The van der Waals surface area contributed by atoms with Gasteiger partial charge in [-0.2, -0.15) is 0 Å². The van der Waals surface area contributed by atoms with Gasteiger partial charge in [-0.25, -0.2) is 4.48 Å². The highest BCUT2D eigenvalue weighted by molar-refractivity contribution is 6.03. The summed E-state index contributed by atoms with van der Waals surface area (Å²) in [6, 6.07) is 33.6. The molecule has 0 bridgehead atoms. The molecule has 45 heavy (non-hydrogen) atoms. The van der Waals surface area contributed by atoms with E-state index in [4.69, 9.17) is 5.11 Å². The Bertz CT molecular complexity index is 1760. The van der Waals surface area contributed by atoms with Crippen LogP contribution in [0.3, 0.4) is 0 Å². The van der Waals surface area contributed by atoms with E-state index in [9.17, 15) is 9.59 Å². The Kier molecular flexibility index (Phi) is 9.69. The zero-order valence-corrected chi connectivity index (χ0v) is 27.2. The highest BCUT2D eigenvalue weighted by atomic mass is 16.4. The molecule has 5 aromatic rings. The lowest BCUT2D eigenvalue weighted by Gasteiger charge is -2.34. The van der Waals surface area contributed by atoms with Crippen LogP contribution in [0.1, 0.15) is 67.6 Å². The number of hydrogen-bond acceptors (Lipinski definition) is 2. The van der Waals surface area contributed by atoms with Gasteiger partial charge in [0.25, 0.3) is 5.91 Å². The standard InChI is InChI=1S/C40H44N2O3/c1-28(2)22-30-12-8-16-34(24-30)42(5,35-17-9-13-31(25-35)23-29(3)4)36-18-10-14-32(26-36)40(45)41-27-33(15-11-21-39(43)44)37-19-6-7-20-38(37)41/h6-10,12-14,16-20,24-29H,11,15,21-23H2,1-5H3/p+1. The van der Waals surface area contributed by atoms with Gasteiger partial charge in [-0.15, -0.1) is 0 Å². The summed E-state index contributed by atoms with van der Waals surface area (Å²) in [5.41, 5.74) is 8.31. The van der Waals surface area contributed by atoms with Crippen LogP contribution in [-0.4, -0.2) is 28.6 Å². The largest absolute Gasteiger partial charge is 0.481 e. The Morgan fingerprint density at radius 2 is 1.29 bits per heavy atom. The number of carbonyl (C=O) groups is 2. The minimum absolute atomic E-state index is 0.0999. The molecular formula is C40H45N2O3+. The van der Waals surface area contributed by atoms with Crippen molar-refractivity contribution < 1.29 is 14.7 Å². The van der Waals surface area contributed by atoms with Crippen LogP contribution in [0.5, 0.6) is 0 Å². The van der Waals surface area contributed by atoms with Crippen LogP contribution in [0.25, 0.3) is 10.9 Å². The van der Waals surface area contributed by atoms with Crippen LogP contribution in [0, 0.1) is 11.8 Å². The van der Waals surface area contributed by atoms with Crippen molar-refractivity contribution in [2.24, 2.45) is 11.8 Å². The maximum atomic E-state index is 14.2. The molecule has 1 heterocycles. The average Bonchev–Trinajstić information content (AvgIpc) is 3.38. The number of carboxylic acid groups (broad SMARTS) is 1. The third-order valence-corrected chi connectivity index (χ3v) is 8.60. The van der Waals surface area contributed by atoms with Crippen molar-refractivity contribution >= 4 is 39.8 Å². The van der Waals surface area contributed by atoms with Gasteiger partial charge >= 0.3 is 5.97 Å². The molecular weight excluding hydrogens is 556 g/mol. The van der Waals surface area contributed by atoms with Gasteiger partial charge in [-0.05, 0) is 78.5 Å². The lowest BCUT2D eigenvalue weighted by molar-refractivity contribution is -0.137. The van der Waals surface area contributed by atoms with Crippen LogP contribution in [0.15, 0.2) is 103 Å². The summed E-state index contributed by atoms with van der Waals surface area (Å²) < 4.78 is 2.15. The minimum atomic E-state index is -0.808.